The van der Waals surface area contributed by atoms with E-state index >= 15 is 0 Å². The number of halogens is 1. The van der Waals surface area contributed by atoms with Crippen molar-refractivity contribution in [3.8, 4) is 17.1 Å². The first-order chi connectivity index (χ1) is 8.78. The fraction of sp³-hybridized carbons (Fsp3) is 0.231. The van der Waals surface area contributed by atoms with E-state index in [-0.39, 0.29) is 11.9 Å². The van der Waals surface area contributed by atoms with E-state index < -0.39 is 0 Å². The molecule has 2 aromatic rings. The van der Waals surface area contributed by atoms with E-state index in [1.165, 1.54) is 12.1 Å². The van der Waals surface area contributed by atoms with Gasteiger partial charge in [0.15, 0.2) is 5.82 Å². The van der Waals surface area contributed by atoms with Crippen molar-refractivity contribution in [3.05, 3.63) is 42.0 Å². The van der Waals surface area contributed by atoms with Gasteiger partial charge < -0.3 is 10.5 Å². The zero-order chi connectivity index (χ0) is 12.5. The molecule has 0 aliphatic carbocycles. The Kier molecular flexibility index (Phi) is 2.68. The fourth-order valence-corrected chi connectivity index (χ4v) is 2.13. The van der Waals surface area contributed by atoms with Crippen LogP contribution in [0.4, 0.5) is 4.39 Å². The molecule has 18 heavy (non-hydrogen) atoms. The number of hydrogen-bond acceptors (Lipinski definition) is 4. The molecule has 0 fully saturated rings. The standard InChI is InChI=1S/C13H12FN3O/c14-9-4-8-5-10(7-15)18-12(8)11(6-9)13-16-2-1-3-17-13/h1-4,6,10H,5,7,15H2/t10-/m1/s1. The van der Waals surface area contributed by atoms with Gasteiger partial charge >= 0.3 is 0 Å². The number of hydrogen-bond donors (Lipinski definition) is 1. The van der Waals surface area contributed by atoms with E-state index in [0.29, 0.717) is 30.1 Å². The van der Waals surface area contributed by atoms with Crippen LogP contribution in [-0.2, 0) is 6.42 Å². The summed E-state index contributed by atoms with van der Waals surface area (Å²) in [5.41, 5.74) is 7.00. The Bertz CT molecular complexity index is 574. The SMILES string of the molecule is NC[C@H]1Cc2cc(F)cc(-c3ncccn3)c2O1. The van der Waals surface area contributed by atoms with Crippen LogP contribution in [0, 0.1) is 5.82 Å². The van der Waals surface area contributed by atoms with Crippen molar-refractivity contribution in [2.24, 2.45) is 5.73 Å². The monoisotopic (exact) mass is 245 g/mol. The molecule has 0 saturated heterocycles. The summed E-state index contributed by atoms with van der Waals surface area (Å²) in [4.78, 5) is 8.26. The molecular formula is C13H12FN3O. The Labute approximate surface area is 104 Å². The van der Waals surface area contributed by atoms with Crippen molar-refractivity contribution in [1.82, 2.24) is 9.97 Å². The van der Waals surface area contributed by atoms with Crippen molar-refractivity contribution >= 4 is 0 Å². The maximum absolute atomic E-state index is 13.6. The third-order valence-electron chi connectivity index (χ3n) is 2.93. The van der Waals surface area contributed by atoms with Gasteiger partial charge in [-0.05, 0) is 18.2 Å². The number of ether oxygens (including phenoxy) is 1. The summed E-state index contributed by atoms with van der Waals surface area (Å²) < 4.78 is 19.3. The maximum Gasteiger partial charge on any atom is 0.162 e. The first-order valence-corrected chi connectivity index (χ1v) is 5.74. The third kappa shape index (κ3) is 1.82. The summed E-state index contributed by atoms with van der Waals surface area (Å²) in [6.07, 6.45) is 3.78. The lowest BCUT2D eigenvalue weighted by atomic mass is 10.1. The molecule has 0 saturated carbocycles. The van der Waals surface area contributed by atoms with Gasteiger partial charge in [0.1, 0.15) is 17.7 Å². The van der Waals surface area contributed by atoms with Crippen molar-refractivity contribution in [3.63, 3.8) is 0 Å². The van der Waals surface area contributed by atoms with E-state index in [1.807, 2.05) is 0 Å². The topological polar surface area (TPSA) is 61.0 Å². The lowest BCUT2D eigenvalue weighted by molar-refractivity contribution is 0.242. The second kappa shape index (κ2) is 4.34. The minimum absolute atomic E-state index is 0.0933. The molecule has 2 N–H and O–H groups in total. The molecule has 1 aromatic heterocycles. The molecule has 0 unspecified atom stereocenters. The highest BCUT2D eigenvalue weighted by Crippen LogP contribution is 2.37. The Morgan fingerprint density at radius 1 is 1.33 bits per heavy atom. The average molecular weight is 245 g/mol. The number of benzene rings is 1. The normalized spacial score (nSPS) is 17.3. The van der Waals surface area contributed by atoms with Gasteiger partial charge in [-0.15, -0.1) is 0 Å². The lowest BCUT2D eigenvalue weighted by Crippen LogP contribution is -2.24. The Morgan fingerprint density at radius 2 is 2.11 bits per heavy atom. The van der Waals surface area contributed by atoms with E-state index in [1.54, 1.807) is 18.5 Å². The molecule has 1 aromatic carbocycles. The van der Waals surface area contributed by atoms with Gasteiger partial charge in [-0.2, -0.15) is 0 Å². The van der Waals surface area contributed by atoms with E-state index in [9.17, 15) is 4.39 Å². The van der Waals surface area contributed by atoms with Gasteiger partial charge in [0.2, 0.25) is 0 Å². The van der Waals surface area contributed by atoms with Gasteiger partial charge in [-0.1, -0.05) is 0 Å². The number of nitrogens with two attached hydrogens (primary N) is 1. The van der Waals surface area contributed by atoms with E-state index in [0.717, 1.165) is 5.56 Å². The van der Waals surface area contributed by atoms with Crippen LogP contribution in [0.3, 0.4) is 0 Å². The van der Waals surface area contributed by atoms with Gasteiger partial charge in [-0.25, -0.2) is 14.4 Å². The second-order valence-electron chi connectivity index (χ2n) is 4.19. The second-order valence-corrected chi connectivity index (χ2v) is 4.19. The van der Waals surface area contributed by atoms with Gasteiger partial charge in [0, 0.05) is 30.9 Å². The molecule has 4 nitrogen and oxygen atoms in total. The maximum atomic E-state index is 13.6. The highest BCUT2D eigenvalue weighted by molar-refractivity contribution is 5.67. The summed E-state index contributed by atoms with van der Waals surface area (Å²) >= 11 is 0. The van der Waals surface area contributed by atoms with Crippen LogP contribution in [0.2, 0.25) is 0 Å². The first kappa shape index (κ1) is 11.1. The van der Waals surface area contributed by atoms with Crippen LogP contribution in [0.1, 0.15) is 5.56 Å². The largest absolute Gasteiger partial charge is 0.488 e. The van der Waals surface area contributed by atoms with Crippen LogP contribution in [0.5, 0.6) is 5.75 Å². The molecule has 0 spiro atoms. The van der Waals surface area contributed by atoms with Crippen LogP contribution in [0.25, 0.3) is 11.4 Å². The molecule has 1 aliphatic rings. The highest BCUT2D eigenvalue weighted by Gasteiger charge is 2.26. The quantitative estimate of drug-likeness (QED) is 0.872. The smallest absolute Gasteiger partial charge is 0.162 e. The van der Waals surface area contributed by atoms with Crippen molar-refractivity contribution in [2.45, 2.75) is 12.5 Å². The summed E-state index contributed by atoms with van der Waals surface area (Å²) in [6.45, 7) is 0.408. The molecule has 1 atom stereocenters. The average Bonchev–Trinajstić information content (AvgIpc) is 2.81. The minimum Gasteiger partial charge on any atom is -0.488 e. The molecule has 0 radical (unpaired) electrons. The Morgan fingerprint density at radius 3 is 2.83 bits per heavy atom. The molecule has 0 bridgehead atoms. The molecule has 0 amide bonds. The number of rotatable bonds is 2. The molecule has 2 heterocycles. The van der Waals surface area contributed by atoms with Gasteiger partial charge in [0.25, 0.3) is 0 Å². The Balaban J connectivity index is 2.12. The predicted octanol–water partition coefficient (Wildman–Crippen LogP) is 1.54. The van der Waals surface area contributed by atoms with Gasteiger partial charge in [0.05, 0.1) is 5.56 Å². The van der Waals surface area contributed by atoms with Crippen molar-refractivity contribution in [1.29, 1.82) is 0 Å². The Hall–Kier alpha value is -2.01. The number of aromatic nitrogens is 2. The minimum atomic E-state index is -0.308. The lowest BCUT2D eigenvalue weighted by Gasteiger charge is -2.09. The summed E-state index contributed by atoms with van der Waals surface area (Å²) in [5, 5.41) is 0. The van der Waals surface area contributed by atoms with Gasteiger partial charge in [-0.3, -0.25) is 0 Å². The summed E-state index contributed by atoms with van der Waals surface area (Å²) in [7, 11) is 0. The van der Waals surface area contributed by atoms with Crippen LogP contribution in [0.15, 0.2) is 30.6 Å². The van der Waals surface area contributed by atoms with Crippen molar-refractivity contribution in [2.75, 3.05) is 6.54 Å². The summed E-state index contributed by atoms with van der Waals surface area (Å²) in [6, 6.07) is 4.59. The first-order valence-electron chi connectivity index (χ1n) is 5.74. The fourth-order valence-electron chi connectivity index (χ4n) is 2.13. The third-order valence-corrected chi connectivity index (χ3v) is 2.93. The van der Waals surface area contributed by atoms with Crippen LogP contribution < -0.4 is 10.5 Å². The van der Waals surface area contributed by atoms with Crippen molar-refractivity contribution < 1.29 is 9.13 Å². The van der Waals surface area contributed by atoms with E-state index in [4.69, 9.17) is 10.5 Å². The molecule has 1 aliphatic heterocycles. The summed E-state index contributed by atoms with van der Waals surface area (Å²) in [5.74, 6) is 0.807. The molecule has 92 valence electrons. The predicted molar refractivity (Wildman–Crippen MR) is 64.6 cm³/mol. The molecular weight excluding hydrogens is 233 g/mol. The van der Waals surface area contributed by atoms with Crippen LogP contribution in [-0.4, -0.2) is 22.6 Å². The molecule has 5 heteroatoms. The van der Waals surface area contributed by atoms with Crippen LogP contribution >= 0.6 is 0 Å². The number of fused-ring (bicyclic) bond motifs is 1. The molecule has 3 rings (SSSR count). The highest BCUT2D eigenvalue weighted by atomic mass is 19.1. The zero-order valence-corrected chi connectivity index (χ0v) is 9.64. The van der Waals surface area contributed by atoms with E-state index in [2.05, 4.69) is 9.97 Å². The zero-order valence-electron chi connectivity index (χ0n) is 9.64. The number of nitrogens with zero attached hydrogens (tertiary/aromatic N) is 2.